The minimum atomic E-state index is -4.37. The van der Waals surface area contributed by atoms with Gasteiger partial charge in [0.25, 0.3) is 0 Å². The van der Waals surface area contributed by atoms with Gasteiger partial charge >= 0.3 is 6.18 Å². The molecule has 0 aliphatic heterocycles. The predicted octanol–water partition coefficient (Wildman–Crippen LogP) is 3.93. The van der Waals surface area contributed by atoms with Gasteiger partial charge in [-0.05, 0) is 31.2 Å². The summed E-state index contributed by atoms with van der Waals surface area (Å²) in [6.07, 6.45) is -1.90. The third-order valence-electron chi connectivity index (χ3n) is 2.07. The van der Waals surface area contributed by atoms with E-state index in [1.165, 1.54) is 18.2 Å². The van der Waals surface area contributed by atoms with Crippen LogP contribution in [0.3, 0.4) is 0 Å². The first-order chi connectivity index (χ1) is 7.93. The quantitative estimate of drug-likeness (QED) is 0.815. The lowest BCUT2D eigenvalue weighted by atomic mass is 10.2. The van der Waals surface area contributed by atoms with E-state index < -0.39 is 11.7 Å². The summed E-state index contributed by atoms with van der Waals surface area (Å²) >= 11 is 0. The predicted molar refractivity (Wildman–Crippen MR) is 57.9 cm³/mol. The molecule has 0 heterocycles. The Kier molecular flexibility index (Phi) is 4.43. The second-order valence-corrected chi connectivity index (χ2v) is 3.57. The molecular formula is C12H13F3O2. The summed E-state index contributed by atoms with van der Waals surface area (Å²) < 4.78 is 42.5. The minimum absolute atomic E-state index is 0.165. The van der Waals surface area contributed by atoms with Crippen LogP contribution in [0.15, 0.2) is 36.6 Å². The number of halogens is 3. The second kappa shape index (κ2) is 5.61. The van der Waals surface area contributed by atoms with Gasteiger partial charge in [0.1, 0.15) is 5.75 Å². The summed E-state index contributed by atoms with van der Waals surface area (Å²) in [7, 11) is 0. The summed E-state index contributed by atoms with van der Waals surface area (Å²) in [5.41, 5.74) is -0.736. The molecule has 0 spiro atoms. The van der Waals surface area contributed by atoms with Crippen LogP contribution >= 0.6 is 0 Å². The first-order valence-corrected chi connectivity index (χ1v) is 5.06. The highest BCUT2D eigenvalue weighted by Gasteiger charge is 2.30. The van der Waals surface area contributed by atoms with Crippen molar-refractivity contribution in [3.05, 3.63) is 42.2 Å². The van der Waals surface area contributed by atoms with Crippen molar-refractivity contribution in [3.63, 3.8) is 0 Å². The molecule has 0 radical (unpaired) electrons. The zero-order valence-electron chi connectivity index (χ0n) is 9.24. The van der Waals surface area contributed by atoms with E-state index in [0.717, 1.165) is 18.4 Å². The average Bonchev–Trinajstić information content (AvgIpc) is 2.25. The van der Waals surface area contributed by atoms with Crippen molar-refractivity contribution in [2.75, 3.05) is 0 Å². The van der Waals surface area contributed by atoms with Crippen molar-refractivity contribution in [2.24, 2.45) is 0 Å². The van der Waals surface area contributed by atoms with E-state index in [1.54, 1.807) is 6.92 Å². The molecule has 0 amide bonds. The number of aliphatic hydroxyl groups is 1. The molecule has 0 bridgehead atoms. The van der Waals surface area contributed by atoms with Gasteiger partial charge in [0.15, 0.2) is 0 Å². The van der Waals surface area contributed by atoms with Crippen LogP contribution in [0.25, 0.3) is 0 Å². The molecule has 0 aromatic heterocycles. The van der Waals surface area contributed by atoms with E-state index in [2.05, 4.69) is 0 Å². The van der Waals surface area contributed by atoms with E-state index in [1.807, 2.05) is 0 Å². The fraction of sp³-hybridized carbons (Fsp3) is 0.333. The number of aliphatic hydroxyl groups excluding tert-OH is 1. The van der Waals surface area contributed by atoms with Crippen molar-refractivity contribution in [1.82, 2.24) is 0 Å². The van der Waals surface area contributed by atoms with Gasteiger partial charge in [-0.2, -0.15) is 13.2 Å². The zero-order chi connectivity index (χ0) is 12.9. The minimum Gasteiger partial charge on any atom is -0.516 e. The first kappa shape index (κ1) is 13.4. The van der Waals surface area contributed by atoms with Crippen molar-refractivity contribution in [2.45, 2.75) is 25.6 Å². The molecule has 0 fully saturated rings. The van der Waals surface area contributed by atoms with Gasteiger partial charge in [-0.25, -0.2) is 0 Å². The molecule has 0 aliphatic carbocycles. The number of rotatable bonds is 4. The number of ether oxygens (including phenoxy) is 1. The highest BCUT2D eigenvalue weighted by Crippen LogP contribution is 2.31. The zero-order valence-corrected chi connectivity index (χ0v) is 9.24. The first-order valence-electron chi connectivity index (χ1n) is 5.06. The maximum absolute atomic E-state index is 12.4. The number of benzene rings is 1. The summed E-state index contributed by atoms with van der Waals surface area (Å²) in [5, 5.41) is 8.45. The van der Waals surface area contributed by atoms with Crippen molar-refractivity contribution in [1.29, 1.82) is 0 Å². The van der Waals surface area contributed by atoms with Crippen LogP contribution in [0.2, 0.25) is 0 Å². The fourth-order valence-corrected chi connectivity index (χ4v) is 1.28. The van der Waals surface area contributed by atoms with Crippen LogP contribution < -0.4 is 4.74 Å². The van der Waals surface area contributed by atoms with Gasteiger partial charge < -0.3 is 9.84 Å². The Hall–Kier alpha value is -1.65. The van der Waals surface area contributed by atoms with Crippen LogP contribution in [0.1, 0.15) is 18.9 Å². The molecule has 1 atom stereocenters. The molecule has 1 aromatic carbocycles. The van der Waals surface area contributed by atoms with Gasteiger partial charge in [0, 0.05) is 6.42 Å². The highest BCUT2D eigenvalue weighted by atomic mass is 19.4. The summed E-state index contributed by atoms with van der Waals surface area (Å²) in [6, 6.07) is 4.71. The lowest BCUT2D eigenvalue weighted by Gasteiger charge is -2.14. The maximum atomic E-state index is 12.4. The Morgan fingerprint density at radius 1 is 1.41 bits per heavy atom. The average molecular weight is 246 g/mol. The van der Waals surface area contributed by atoms with E-state index in [9.17, 15) is 13.2 Å². The van der Waals surface area contributed by atoms with Crippen molar-refractivity contribution < 1.29 is 23.0 Å². The number of alkyl halides is 3. The summed E-state index contributed by atoms with van der Waals surface area (Å²) in [5.74, 6) is 0.165. The monoisotopic (exact) mass is 246 g/mol. The van der Waals surface area contributed by atoms with Crippen LogP contribution in [-0.4, -0.2) is 11.2 Å². The number of hydrogen-bond acceptors (Lipinski definition) is 2. The third-order valence-corrected chi connectivity index (χ3v) is 2.07. The van der Waals surface area contributed by atoms with Crippen LogP contribution in [-0.2, 0) is 6.18 Å². The van der Waals surface area contributed by atoms with Crippen LogP contribution in [0, 0.1) is 0 Å². The molecule has 17 heavy (non-hydrogen) atoms. The van der Waals surface area contributed by atoms with E-state index in [0.29, 0.717) is 6.42 Å². The van der Waals surface area contributed by atoms with Crippen LogP contribution in [0.5, 0.6) is 5.75 Å². The standard InChI is InChI=1S/C12H13F3O2/c1-9(4-3-7-16)17-11-6-2-5-10(8-11)12(13,14)15/h2-3,5-9,16H,4H2,1H3. The van der Waals surface area contributed by atoms with Gasteiger partial charge in [-0.3, -0.25) is 0 Å². The molecule has 94 valence electrons. The Morgan fingerprint density at radius 2 is 2.12 bits per heavy atom. The normalized spacial score (nSPS) is 13.9. The van der Waals surface area contributed by atoms with Gasteiger partial charge in [-0.15, -0.1) is 0 Å². The molecule has 0 aliphatic rings. The van der Waals surface area contributed by atoms with Crippen molar-refractivity contribution >= 4 is 0 Å². The Labute approximate surface area is 97.3 Å². The number of hydrogen-bond donors (Lipinski definition) is 1. The highest BCUT2D eigenvalue weighted by molar-refractivity contribution is 5.30. The molecule has 1 unspecified atom stereocenters. The molecule has 1 rings (SSSR count). The largest absolute Gasteiger partial charge is 0.516 e. The topological polar surface area (TPSA) is 29.5 Å². The van der Waals surface area contributed by atoms with Gasteiger partial charge in [0.2, 0.25) is 0 Å². The van der Waals surface area contributed by atoms with E-state index in [4.69, 9.17) is 9.84 Å². The van der Waals surface area contributed by atoms with E-state index >= 15 is 0 Å². The third kappa shape index (κ3) is 4.38. The SMILES string of the molecule is CC(CC=CO)Oc1cccc(C(F)(F)F)c1. The molecule has 2 nitrogen and oxygen atoms in total. The molecule has 0 saturated carbocycles. The molecule has 0 saturated heterocycles. The lowest BCUT2D eigenvalue weighted by molar-refractivity contribution is -0.137. The molecule has 1 aromatic rings. The summed E-state index contributed by atoms with van der Waals surface area (Å²) in [4.78, 5) is 0. The van der Waals surface area contributed by atoms with Gasteiger partial charge in [-0.1, -0.05) is 6.07 Å². The molecular weight excluding hydrogens is 233 g/mol. The maximum Gasteiger partial charge on any atom is 0.416 e. The Balaban J connectivity index is 2.72. The van der Waals surface area contributed by atoms with Crippen LogP contribution in [0.4, 0.5) is 13.2 Å². The fourth-order valence-electron chi connectivity index (χ4n) is 1.28. The molecule has 5 heteroatoms. The summed E-state index contributed by atoms with van der Waals surface area (Å²) in [6.45, 7) is 1.71. The Bertz CT molecular complexity index is 386. The lowest BCUT2D eigenvalue weighted by Crippen LogP contribution is -2.11. The van der Waals surface area contributed by atoms with Gasteiger partial charge in [0.05, 0.1) is 17.9 Å². The van der Waals surface area contributed by atoms with E-state index in [-0.39, 0.29) is 11.9 Å². The smallest absolute Gasteiger partial charge is 0.416 e. The Morgan fingerprint density at radius 3 is 2.71 bits per heavy atom. The second-order valence-electron chi connectivity index (χ2n) is 3.57. The molecule has 1 N–H and O–H groups in total. The van der Waals surface area contributed by atoms with Crippen molar-refractivity contribution in [3.8, 4) is 5.75 Å².